The fraction of sp³-hybridized carbons (Fsp3) is 0.250. The van der Waals surface area contributed by atoms with Gasteiger partial charge in [-0.25, -0.2) is 0 Å². The van der Waals surface area contributed by atoms with E-state index >= 15 is 0 Å². The molecule has 0 aliphatic heterocycles. The van der Waals surface area contributed by atoms with Crippen LogP contribution in [-0.2, 0) is 9.53 Å². The van der Waals surface area contributed by atoms with Crippen LogP contribution in [-0.4, -0.2) is 37.2 Å². The molecule has 1 atom stereocenters. The summed E-state index contributed by atoms with van der Waals surface area (Å²) < 4.78 is 16.4. The van der Waals surface area contributed by atoms with Gasteiger partial charge in [-0.15, -0.1) is 0 Å². The Balaban J connectivity index is 2.73. The molecule has 0 saturated carbocycles. The number of methoxy groups -OCH3 is 1. The number of hydrogen-bond acceptors (Lipinski definition) is 6. The van der Waals surface area contributed by atoms with Crippen molar-refractivity contribution in [3.63, 3.8) is 0 Å². The van der Waals surface area contributed by atoms with E-state index in [0.717, 1.165) is 0 Å². The Kier molecular flexibility index (Phi) is 8.23. The molecule has 0 fully saturated rings. The first-order valence-electron chi connectivity index (χ1n) is 9.53. The number of carbonyl (C=O) groups is 2. The summed E-state index contributed by atoms with van der Waals surface area (Å²) in [5.74, 6) is -0.747. The summed E-state index contributed by atoms with van der Waals surface area (Å²) in [5.41, 5.74) is 1.03. The van der Waals surface area contributed by atoms with Crippen molar-refractivity contribution in [1.82, 2.24) is 0 Å². The SMILES string of the molecule is C=CCOc1cc(OCC=C)c(C(=O)c2ccc(O)cc2)c(C(CC)C(=O)OC)c1. The molecule has 0 bridgehead atoms. The lowest BCUT2D eigenvalue weighted by molar-refractivity contribution is -0.142. The van der Waals surface area contributed by atoms with Crippen LogP contribution in [0, 0.1) is 0 Å². The van der Waals surface area contributed by atoms with E-state index in [9.17, 15) is 14.7 Å². The highest BCUT2D eigenvalue weighted by Gasteiger charge is 2.29. The second-order valence-electron chi connectivity index (χ2n) is 6.44. The molecular formula is C24H26O6. The second kappa shape index (κ2) is 10.9. The van der Waals surface area contributed by atoms with Crippen LogP contribution in [0.5, 0.6) is 17.2 Å². The molecule has 0 aromatic heterocycles. The molecular weight excluding hydrogens is 384 g/mol. The zero-order valence-corrected chi connectivity index (χ0v) is 17.2. The van der Waals surface area contributed by atoms with Gasteiger partial charge in [-0.1, -0.05) is 32.2 Å². The molecule has 6 nitrogen and oxygen atoms in total. The highest BCUT2D eigenvalue weighted by molar-refractivity contribution is 6.12. The largest absolute Gasteiger partial charge is 0.508 e. The summed E-state index contributed by atoms with van der Waals surface area (Å²) in [4.78, 5) is 25.9. The van der Waals surface area contributed by atoms with E-state index in [0.29, 0.717) is 23.3 Å². The molecule has 0 heterocycles. The molecule has 2 aromatic rings. The maximum atomic E-state index is 13.4. The van der Waals surface area contributed by atoms with Crippen molar-refractivity contribution in [2.75, 3.05) is 20.3 Å². The molecule has 6 heteroatoms. The standard InChI is InChI=1S/C24H26O6/c1-5-12-29-18-14-20(19(7-3)24(27)28-4)22(21(15-18)30-13-6-2)23(26)16-8-10-17(25)11-9-16/h5-6,8-11,14-15,19,25H,1-2,7,12-13H2,3-4H3. The van der Waals surface area contributed by atoms with E-state index in [2.05, 4.69) is 13.2 Å². The zero-order chi connectivity index (χ0) is 22.1. The summed E-state index contributed by atoms with van der Waals surface area (Å²) >= 11 is 0. The number of phenolic OH excluding ortho intramolecular Hbond substituents is 1. The third-order valence-corrected chi connectivity index (χ3v) is 4.46. The van der Waals surface area contributed by atoms with Crippen LogP contribution in [0.4, 0.5) is 0 Å². The van der Waals surface area contributed by atoms with Crippen molar-refractivity contribution >= 4 is 11.8 Å². The van der Waals surface area contributed by atoms with Crippen LogP contribution in [0.1, 0.15) is 40.7 Å². The molecule has 1 N–H and O–H groups in total. The number of carbonyl (C=O) groups excluding carboxylic acids is 2. The van der Waals surface area contributed by atoms with E-state index in [1.54, 1.807) is 24.3 Å². The number of hydrogen-bond donors (Lipinski definition) is 1. The molecule has 0 radical (unpaired) electrons. The fourth-order valence-electron chi connectivity index (χ4n) is 3.04. The van der Waals surface area contributed by atoms with Crippen molar-refractivity contribution in [1.29, 1.82) is 0 Å². The Morgan fingerprint density at radius 3 is 2.27 bits per heavy atom. The Hall–Kier alpha value is -3.54. The molecule has 0 aliphatic rings. The van der Waals surface area contributed by atoms with Gasteiger partial charge in [0.15, 0.2) is 5.78 Å². The predicted molar refractivity (Wildman–Crippen MR) is 114 cm³/mol. The van der Waals surface area contributed by atoms with Gasteiger partial charge in [0, 0.05) is 11.6 Å². The van der Waals surface area contributed by atoms with Gasteiger partial charge < -0.3 is 19.3 Å². The molecule has 2 aromatic carbocycles. The van der Waals surface area contributed by atoms with Gasteiger partial charge >= 0.3 is 5.97 Å². The van der Waals surface area contributed by atoms with Crippen LogP contribution in [0.2, 0.25) is 0 Å². The highest BCUT2D eigenvalue weighted by atomic mass is 16.5. The molecule has 0 amide bonds. The highest BCUT2D eigenvalue weighted by Crippen LogP contribution is 2.37. The molecule has 158 valence electrons. The van der Waals surface area contributed by atoms with Crippen molar-refractivity contribution in [2.45, 2.75) is 19.3 Å². The maximum absolute atomic E-state index is 13.4. The van der Waals surface area contributed by atoms with Crippen LogP contribution in [0.25, 0.3) is 0 Å². The topological polar surface area (TPSA) is 82.1 Å². The van der Waals surface area contributed by atoms with Crippen LogP contribution in [0.3, 0.4) is 0 Å². The third kappa shape index (κ3) is 5.29. The average molecular weight is 410 g/mol. The van der Waals surface area contributed by atoms with Crippen LogP contribution in [0.15, 0.2) is 61.7 Å². The van der Waals surface area contributed by atoms with Gasteiger partial charge in [0.05, 0.1) is 18.6 Å². The Labute approximate surface area is 176 Å². The Morgan fingerprint density at radius 1 is 1.07 bits per heavy atom. The number of ketones is 1. The lowest BCUT2D eigenvalue weighted by atomic mass is 9.87. The lowest BCUT2D eigenvalue weighted by Gasteiger charge is -2.21. The van der Waals surface area contributed by atoms with Crippen LogP contribution < -0.4 is 9.47 Å². The molecule has 0 aliphatic carbocycles. The van der Waals surface area contributed by atoms with Crippen molar-refractivity contribution in [3.05, 3.63) is 78.4 Å². The Bertz CT molecular complexity index is 914. The third-order valence-electron chi connectivity index (χ3n) is 4.46. The van der Waals surface area contributed by atoms with E-state index in [1.165, 1.54) is 31.4 Å². The van der Waals surface area contributed by atoms with Crippen molar-refractivity contribution in [3.8, 4) is 17.2 Å². The minimum Gasteiger partial charge on any atom is -0.508 e. The normalized spacial score (nSPS) is 11.3. The summed E-state index contributed by atoms with van der Waals surface area (Å²) in [6, 6.07) is 9.14. The van der Waals surface area contributed by atoms with Gasteiger partial charge in [-0.2, -0.15) is 0 Å². The number of phenols is 1. The monoisotopic (exact) mass is 410 g/mol. The number of ether oxygens (including phenoxy) is 3. The first-order valence-corrected chi connectivity index (χ1v) is 9.53. The number of rotatable bonds is 11. The smallest absolute Gasteiger partial charge is 0.313 e. The van der Waals surface area contributed by atoms with Crippen molar-refractivity contribution in [2.24, 2.45) is 0 Å². The van der Waals surface area contributed by atoms with Gasteiger partial charge in [0.25, 0.3) is 0 Å². The number of esters is 1. The molecule has 0 saturated heterocycles. The number of benzene rings is 2. The summed E-state index contributed by atoms with van der Waals surface area (Å²) in [5, 5.41) is 9.55. The predicted octanol–water partition coefficient (Wildman–Crippen LogP) is 4.42. The Morgan fingerprint density at radius 2 is 1.70 bits per heavy atom. The molecule has 30 heavy (non-hydrogen) atoms. The van der Waals surface area contributed by atoms with E-state index < -0.39 is 11.9 Å². The number of aromatic hydroxyl groups is 1. The maximum Gasteiger partial charge on any atom is 0.313 e. The first kappa shape index (κ1) is 22.7. The minimum absolute atomic E-state index is 0.0454. The van der Waals surface area contributed by atoms with E-state index in [1.807, 2.05) is 6.92 Å². The van der Waals surface area contributed by atoms with E-state index in [4.69, 9.17) is 14.2 Å². The quantitative estimate of drug-likeness (QED) is 0.335. The van der Waals surface area contributed by atoms with Crippen LogP contribution >= 0.6 is 0 Å². The van der Waals surface area contributed by atoms with Gasteiger partial charge in [0.2, 0.25) is 0 Å². The first-order chi connectivity index (χ1) is 14.5. The second-order valence-corrected chi connectivity index (χ2v) is 6.44. The molecule has 2 rings (SSSR count). The van der Waals surface area contributed by atoms with Gasteiger partial charge in [-0.3, -0.25) is 9.59 Å². The molecule has 1 unspecified atom stereocenters. The van der Waals surface area contributed by atoms with E-state index in [-0.39, 0.29) is 36.1 Å². The minimum atomic E-state index is -0.690. The zero-order valence-electron chi connectivity index (χ0n) is 17.2. The van der Waals surface area contributed by atoms with Gasteiger partial charge in [-0.05, 0) is 42.3 Å². The fourth-order valence-corrected chi connectivity index (χ4v) is 3.04. The van der Waals surface area contributed by atoms with Gasteiger partial charge in [0.1, 0.15) is 30.5 Å². The summed E-state index contributed by atoms with van der Waals surface area (Å²) in [7, 11) is 1.31. The lowest BCUT2D eigenvalue weighted by Crippen LogP contribution is -2.19. The average Bonchev–Trinajstić information content (AvgIpc) is 2.76. The van der Waals surface area contributed by atoms with Crippen molar-refractivity contribution < 1.29 is 28.9 Å². The molecule has 0 spiro atoms. The summed E-state index contributed by atoms with van der Waals surface area (Å²) in [6.45, 7) is 9.53. The summed E-state index contributed by atoms with van der Waals surface area (Å²) in [6.07, 6.45) is 3.56.